The van der Waals surface area contributed by atoms with Gasteiger partial charge in [0.1, 0.15) is 6.10 Å². The zero-order valence-electron chi connectivity index (χ0n) is 8.63. The molecule has 0 aromatic heterocycles. The second-order valence-corrected chi connectivity index (χ2v) is 4.08. The van der Waals surface area contributed by atoms with Crippen LogP contribution in [0.1, 0.15) is 38.5 Å². The lowest BCUT2D eigenvalue weighted by molar-refractivity contribution is 0.0254. The van der Waals surface area contributed by atoms with Gasteiger partial charge < -0.3 is 9.47 Å². The Morgan fingerprint density at radius 3 is 2.53 bits per heavy atom. The van der Waals surface area contributed by atoms with Crippen molar-refractivity contribution in [3.63, 3.8) is 0 Å². The van der Waals surface area contributed by atoms with Crippen LogP contribution in [0.2, 0.25) is 0 Å². The first-order valence-electron chi connectivity index (χ1n) is 5.25. The summed E-state index contributed by atoms with van der Waals surface area (Å²) in [6.45, 7) is 0.120. The molecule has 0 unspecified atom stereocenters. The Bertz CT molecular complexity index is 246. The molecule has 0 aromatic carbocycles. The van der Waals surface area contributed by atoms with E-state index in [1.54, 1.807) is 0 Å². The monoisotopic (exact) mass is 322 g/mol. The highest BCUT2D eigenvalue weighted by molar-refractivity contribution is 14.1. The Morgan fingerprint density at radius 2 is 1.93 bits per heavy atom. The molecule has 0 aliphatic heterocycles. The van der Waals surface area contributed by atoms with Crippen molar-refractivity contribution in [2.45, 2.75) is 44.6 Å². The van der Waals surface area contributed by atoms with Gasteiger partial charge >= 0.3 is 6.16 Å². The molecule has 0 amide bonds. The molecular formula is C11H15IO3. The molecule has 1 rings (SSSR count). The highest BCUT2D eigenvalue weighted by Crippen LogP contribution is 2.20. The van der Waals surface area contributed by atoms with Gasteiger partial charge in [0, 0.05) is 22.6 Å². The fraction of sp³-hybridized carbons (Fsp3) is 0.727. The highest BCUT2D eigenvalue weighted by Gasteiger charge is 2.16. The Balaban J connectivity index is 2.19. The van der Waals surface area contributed by atoms with Crippen LogP contribution in [-0.2, 0) is 9.47 Å². The summed E-state index contributed by atoms with van der Waals surface area (Å²) in [7, 11) is 0. The first-order chi connectivity index (χ1) is 7.33. The minimum atomic E-state index is -0.582. The summed E-state index contributed by atoms with van der Waals surface area (Å²) in [5, 5.41) is 0. The zero-order valence-corrected chi connectivity index (χ0v) is 10.8. The third-order valence-corrected chi connectivity index (χ3v) is 2.78. The van der Waals surface area contributed by atoms with Crippen molar-refractivity contribution in [2.75, 3.05) is 6.61 Å². The molecule has 0 saturated heterocycles. The van der Waals surface area contributed by atoms with Crippen molar-refractivity contribution in [3.8, 4) is 9.85 Å². The molecule has 0 radical (unpaired) electrons. The van der Waals surface area contributed by atoms with E-state index in [-0.39, 0.29) is 12.7 Å². The highest BCUT2D eigenvalue weighted by atomic mass is 127. The molecule has 1 fully saturated rings. The van der Waals surface area contributed by atoms with E-state index in [4.69, 9.17) is 9.47 Å². The van der Waals surface area contributed by atoms with E-state index in [9.17, 15) is 4.79 Å². The molecule has 15 heavy (non-hydrogen) atoms. The van der Waals surface area contributed by atoms with Crippen molar-refractivity contribution in [1.29, 1.82) is 0 Å². The fourth-order valence-corrected chi connectivity index (χ4v) is 1.81. The Labute approximate surface area is 104 Å². The largest absolute Gasteiger partial charge is 0.509 e. The molecule has 0 heterocycles. The van der Waals surface area contributed by atoms with Crippen LogP contribution >= 0.6 is 22.6 Å². The van der Waals surface area contributed by atoms with Gasteiger partial charge in [-0.2, -0.15) is 0 Å². The maximum absolute atomic E-state index is 11.2. The third kappa shape index (κ3) is 5.88. The third-order valence-electron chi connectivity index (χ3n) is 2.39. The van der Waals surface area contributed by atoms with Crippen molar-refractivity contribution in [3.05, 3.63) is 0 Å². The first kappa shape index (κ1) is 12.6. The van der Waals surface area contributed by atoms with Gasteiger partial charge in [-0.25, -0.2) is 4.79 Å². The van der Waals surface area contributed by atoms with Crippen LogP contribution in [0.4, 0.5) is 4.79 Å². The van der Waals surface area contributed by atoms with Gasteiger partial charge in [0.05, 0.1) is 0 Å². The second-order valence-electron chi connectivity index (χ2n) is 3.54. The Morgan fingerprint density at radius 1 is 1.27 bits per heavy atom. The van der Waals surface area contributed by atoms with Gasteiger partial charge in [0.2, 0.25) is 0 Å². The van der Waals surface area contributed by atoms with Crippen LogP contribution in [0.5, 0.6) is 0 Å². The average Bonchev–Trinajstić information content (AvgIpc) is 2.47. The van der Waals surface area contributed by atoms with Crippen LogP contribution in [0, 0.1) is 9.85 Å². The van der Waals surface area contributed by atoms with E-state index in [1.165, 1.54) is 12.8 Å². The van der Waals surface area contributed by atoms with Crippen LogP contribution < -0.4 is 0 Å². The fourth-order valence-electron chi connectivity index (χ4n) is 1.65. The van der Waals surface area contributed by atoms with E-state index >= 15 is 0 Å². The smallest absolute Gasteiger partial charge is 0.431 e. The molecule has 1 aliphatic carbocycles. The van der Waals surface area contributed by atoms with E-state index < -0.39 is 6.16 Å². The Hall–Kier alpha value is -0.440. The number of ether oxygens (including phenoxy) is 2. The molecule has 1 saturated carbocycles. The lowest BCUT2D eigenvalue weighted by Crippen LogP contribution is -2.18. The topological polar surface area (TPSA) is 35.5 Å². The maximum Gasteiger partial charge on any atom is 0.509 e. The van der Waals surface area contributed by atoms with Crippen LogP contribution in [0.3, 0.4) is 0 Å². The molecule has 0 spiro atoms. The SMILES string of the molecule is O=C(OCC#CI)OC1CCCCCC1. The summed E-state index contributed by atoms with van der Waals surface area (Å²) in [4.78, 5) is 11.2. The minimum Gasteiger partial charge on any atom is -0.431 e. The molecule has 0 aromatic rings. The van der Waals surface area contributed by atoms with Gasteiger partial charge in [-0.15, -0.1) is 0 Å². The van der Waals surface area contributed by atoms with Crippen molar-refractivity contribution >= 4 is 28.7 Å². The normalized spacial score (nSPS) is 17.1. The molecule has 0 atom stereocenters. The average molecular weight is 322 g/mol. The van der Waals surface area contributed by atoms with Crippen molar-refractivity contribution in [2.24, 2.45) is 0 Å². The van der Waals surface area contributed by atoms with E-state index in [2.05, 4.69) is 9.85 Å². The van der Waals surface area contributed by atoms with E-state index in [0.717, 1.165) is 25.7 Å². The number of carbonyl (C=O) groups is 1. The lowest BCUT2D eigenvalue weighted by Gasteiger charge is -2.14. The first-order valence-corrected chi connectivity index (χ1v) is 6.32. The summed E-state index contributed by atoms with van der Waals surface area (Å²) < 4.78 is 12.6. The summed E-state index contributed by atoms with van der Waals surface area (Å²) >= 11 is 1.90. The number of carbonyl (C=O) groups excluding carboxylic acids is 1. The van der Waals surface area contributed by atoms with Gasteiger partial charge in [0.25, 0.3) is 0 Å². The number of halogens is 1. The van der Waals surface area contributed by atoms with Gasteiger partial charge in [-0.1, -0.05) is 18.8 Å². The van der Waals surface area contributed by atoms with Crippen LogP contribution in [-0.4, -0.2) is 18.9 Å². The second kappa shape index (κ2) is 7.80. The van der Waals surface area contributed by atoms with Crippen LogP contribution in [0.15, 0.2) is 0 Å². The van der Waals surface area contributed by atoms with Gasteiger partial charge in [-0.3, -0.25) is 0 Å². The predicted molar refractivity (Wildman–Crippen MR) is 65.7 cm³/mol. The van der Waals surface area contributed by atoms with Gasteiger partial charge in [-0.05, 0) is 29.6 Å². The number of rotatable bonds is 2. The molecule has 1 aliphatic rings. The quantitative estimate of drug-likeness (QED) is 0.339. The molecule has 3 nitrogen and oxygen atoms in total. The maximum atomic E-state index is 11.2. The standard InChI is InChI=1S/C11H15IO3/c12-8-5-9-14-11(13)15-10-6-3-1-2-4-7-10/h10H,1-4,6-7,9H2. The van der Waals surface area contributed by atoms with Gasteiger partial charge in [0.15, 0.2) is 6.61 Å². The molecule has 0 N–H and O–H groups in total. The lowest BCUT2D eigenvalue weighted by atomic mass is 10.2. The molecule has 84 valence electrons. The number of hydrogen-bond donors (Lipinski definition) is 0. The molecule has 4 heteroatoms. The van der Waals surface area contributed by atoms with Crippen molar-refractivity contribution in [1.82, 2.24) is 0 Å². The van der Waals surface area contributed by atoms with E-state index in [0.29, 0.717) is 0 Å². The minimum absolute atomic E-state index is 0.0487. The summed E-state index contributed by atoms with van der Waals surface area (Å²) in [5.41, 5.74) is 0. The summed E-state index contributed by atoms with van der Waals surface area (Å²) in [6, 6.07) is 0. The summed E-state index contributed by atoms with van der Waals surface area (Å²) in [6.07, 6.45) is 6.18. The molecular weight excluding hydrogens is 307 g/mol. The Kier molecular flexibility index (Phi) is 6.57. The molecule has 0 bridgehead atoms. The summed E-state index contributed by atoms with van der Waals surface area (Å²) in [5.74, 6) is 2.64. The zero-order chi connectivity index (χ0) is 10.9. The number of hydrogen-bond acceptors (Lipinski definition) is 3. The van der Waals surface area contributed by atoms with E-state index in [1.807, 2.05) is 22.6 Å². The van der Waals surface area contributed by atoms with Crippen molar-refractivity contribution < 1.29 is 14.3 Å². The van der Waals surface area contributed by atoms with Crippen LogP contribution in [0.25, 0.3) is 0 Å². The predicted octanol–water partition coefficient (Wildman–Crippen LogP) is 3.26.